The molecule has 0 amide bonds. The lowest BCUT2D eigenvalue weighted by molar-refractivity contribution is -0.157. The topological polar surface area (TPSA) is 65.0 Å². The van der Waals surface area contributed by atoms with E-state index in [9.17, 15) is 9.90 Å². The van der Waals surface area contributed by atoms with Crippen molar-refractivity contribution < 1.29 is 23.5 Å². The molecule has 1 saturated heterocycles. The zero-order chi connectivity index (χ0) is 23.8. The van der Waals surface area contributed by atoms with Gasteiger partial charge in [-0.15, -0.1) is 0 Å². The number of rotatable bonds is 4. The summed E-state index contributed by atoms with van der Waals surface area (Å²) in [6.45, 7) is 24.4. The fraction of sp³-hybridized carbons (Fsp3) is 0.958. The Morgan fingerprint density at radius 3 is 2.19 bits per heavy atom. The van der Waals surface area contributed by atoms with Crippen molar-refractivity contribution in [1.29, 1.82) is 0 Å². The third-order valence-electron chi connectivity index (χ3n) is 8.83. The van der Waals surface area contributed by atoms with Crippen LogP contribution in [0.3, 0.4) is 0 Å². The van der Waals surface area contributed by atoms with E-state index in [4.69, 9.17) is 13.6 Å². The summed E-state index contributed by atoms with van der Waals surface area (Å²) in [7, 11) is -3.75. The van der Waals surface area contributed by atoms with Crippen molar-refractivity contribution in [3.8, 4) is 0 Å². The summed E-state index contributed by atoms with van der Waals surface area (Å²) in [5.41, 5.74) is -1.71. The molecule has 0 unspecified atom stereocenters. The third-order valence-corrected chi connectivity index (χ3v) is 14.4. The van der Waals surface area contributed by atoms with E-state index in [0.717, 1.165) is 19.3 Å². The lowest BCUT2D eigenvalue weighted by atomic mass is 9.75. The van der Waals surface area contributed by atoms with Gasteiger partial charge in [-0.05, 0) is 82.7 Å². The number of hydrogen-bond acceptors (Lipinski definition) is 5. The van der Waals surface area contributed by atoms with E-state index < -0.39 is 28.2 Å². The second-order valence-electron chi connectivity index (χ2n) is 13.4. The molecule has 1 N–H and O–H groups in total. The van der Waals surface area contributed by atoms with Gasteiger partial charge >= 0.3 is 5.97 Å². The van der Waals surface area contributed by atoms with Gasteiger partial charge in [-0.25, -0.2) is 4.79 Å². The van der Waals surface area contributed by atoms with Crippen molar-refractivity contribution in [2.75, 3.05) is 0 Å². The molecule has 1 heterocycles. The molecule has 3 fully saturated rings. The van der Waals surface area contributed by atoms with Gasteiger partial charge in [0.05, 0.1) is 5.60 Å². The fourth-order valence-corrected chi connectivity index (χ4v) is 9.25. The van der Waals surface area contributed by atoms with E-state index in [1.54, 1.807) is 6.92 Å². The average molecular weight is 471 g/mol. The van der Waals surface area contributed by atoms with Crippen molar-refractivity contribution in [1.82, 2.24) is 0 Å². The standard InChI is InChI=1S/C24H46O5Si2/c1-15-18(28-31(10,11)22(2,3)4)14-17-19(15)20-16(24(6,26)21(25)27-20)12-13-23(17,5)29-30(7,8)9/h15-20,26H,12-14H2,1-11H3/t15-,16-,17-,18+,19+,20+,23-,24+/m1/s1. The van der Waals surface area contributed by atoms with Gasteiger partial charge in [0.1, 0.15) is 6.10 Å². The Morgan fingerprint density at radius 2 is 1.68 bits per heavy atom. The highest BCUT2D eigenvalue weighted by Crippen LogP contribution is 2.58. The van der Waals surface area contributed by atoms with Crippen LogP contribution in [0, 0.1) is 23.7 Å². The molecule has 0 bridgehead atoms. The molecule has 3 rings (SSSR count). The predicted octanol–water partition coefficient (Wildman–Crippen LogP) is 5.35. The molecule has 0 aromatic rings. The molecule has 0 spiro atoms. The van der Waals surface area contributed by atoms with Gasteiger partial charge in [0.25, 0.3) is 0 Å². The van der Waals surface area contributed by atoms with Crippen LogP contribution in [0.4, 0.5) is 0 Å². The monoisotopic (exact) mass is 470 g/mol. The molecular weight excluding hydrogens is 424 g/mol. The second-order valence-corrected chi connectivity index (χ2v) is 22.6. The smallest absolute Gasteiger partial charge is 0.338 e. The van der Waals surface area contributed by atoms with E-state index in [0.29, 0.717) is 0 Å². The van der Waals surface area contributed by atoms with Crippen molar-refractivity contribution in [3.63, 3.8) is 0 Å². The maximum absolute atomic E-state index is 12.6. The summed E-state index contributed by atoms with van der Waals surface area (Å²) in [4.78, 5) is 12.6. The van der Waals surface area contributed by atoms with E-state index in [2.05, 4.69) is 67.4 Å². The minimum absolute atomic E-state index is 0.128. The molecule has 0 radical (unpaired) electrons. The molecule has 7 heteroatoms. The SMILES string of the molecule is C[C@H]1[C@@H]2[C@H]3OC(=O)[C@@](C)(O)[C@@H]3CC[C@@](C)(O[Si](C)(C)C)[C@@H]2C[C@@H]1O[Si](C)(C)C(C)(C)C. The molecular formula is C24H46O5Si2. The molecule has 2 saturated carbocycles. The van der Waals surface area contributed by atoms with Crippen molar-refractivity contribution in [2.24, 2.45) is 23.7 Å². The van der Waals surface area contributed by atoms with Crippen molar-refractivity contribution >= 4 is 22.6 Å². The van der Waals surface area contributed by atoms with Crippen LogP contribution in [-0.4, -0.2) is 51.1 Å². The molecule has 1 aliphatic heterocycles. The van der Waals surface area contributed by atoms with E-state index in [1.807, 2.05) is 0 Å². The number of carbonyl (C=O) groups excluding carboxylic acids is 1. The first-order valence-corrected chi connectivity index (χ1v) is 18.4. The van der Waals surface area contributed by atoms with Gasteiger partial charge in [0, 0.05) is 17.9 Å². The Balaban J connectivity index is 2.00. The van der Waals surface area contributed by atoms with Crippen LogP contribution in [0.1, 0.15) is 60.8 Å². The Labute approximate surface area is 191 Å². The number of hydrogen-bond donors (Lipinski definition) is 1. The predicted molar refractivity (Wildman–Crippen MR) is 129 cm³/mol. The number of aliphatic hydroxyl groups is 1. The summed E-state index contributed by atoms with van der Waals surface area (Å²) in [6.07, 6.45) is 2.39. The molecule has 0 aromatic heterocycles. The lowest BCUT2D eigenvalue weighted by Crippen LogP contribution is -2.48. The van der Waals surface area contributed by atoms with E-state index in [-0.39, 0.29) is 46.5 Å². The highest BCUT2D eigenvalue weighted by atomic mass is 28.4. The van der Waals surface area contributed by atoms with Gasteiger partial charge in [-0.3, -0.25) is 0 Å². The molecule has 0 aromatic carbocycles. The highest BCUT2D eigenvalue weighted by molar-refractivity contribution is 6.74. The first kappa shape index (κ1) is 25.4. The van der Waals surface area contributed by atoms with Crippen molar-refractivity contribution in [2.45, 2.75) is 122 Å². The highest BCUT2D eigenvalue weighted by Gasteiger charge is 2.65. The number of ether oxygens (including phenoxy) is 1. The normalized spacial score (nSPS) is 43.9. The minimum Gasteiger partial charge on any atom is -0.459 e. The maximum Gasteiger partial charge on any atom is 0.338 e. The average Bonchev–Trinajstić information content (AvgIpc) is 2.93. The summed E-state index contributed by atoms with van der Waals surface area (Å²) < 4.78 is 19.8. The zero-order valence-electron chi connectivity index (χ0n) is 21.7. The summed E-state index contributed by atoms with van der Waals surface area (Å²) in [5.74, 6) is -0.0104. The summed E-state index contributed by atoms with van der Waals surface area (Å²) in [6, 6.07) is 0. The quantitative estimate of drug-likeness (QED) is 0.443. The van der Waals surface area contributed by atoms with Crippen molar-refractivity contribution in [3.05, 3.63) is 0 Å². The Hall–Kier alpha value is -0.216. The fourth-order valence-electron chi connectivity index (χ4n) is 6.17. The van der Waals surface area contributed by atoms with Crippen LogP contribution in [0.25, 0.3) is 0 Å². The summed E-state index contributed by atoms with van der Waals surface area (Å²) >= 11 is 0. The first-order valence-electron chi connectivity index (χ1n) is 12.1. The Kier molecular flexibility index (Phi) is 6.27. The first-order chi connectivity index (χ1) is 13.8. The molecule has 8 atom stereocenters. The number of carbonyl (C=O) groups is 1. The third kappa shape index (κ3) is 4.46. The second kappa shape index (κ2) is 7.65. The number of fused-ring (bicyclic) bond motifs is 3. The Bertz CT molecular complexity index is 708. The van der Waals surface area contributed by atoms with Gasteiger partial charge in [-0.1, -0.05) is 27.7 Å². The van der Waals surface area contributed by atoms with Gasteiger partial charge in [0.2, 0.25) is 0 Å². The summed E-state index contributed by atoms with van der Waals surface area (Å²) in [5, 5.41) is 11.2. The zero-order valence-corrected chi connectivity index (χ0v) is 23.7. The maximum atomic E-state index is 12.6. The number of esters is 1. The van der Waals surface area contributed by atoms with Crippen LogP contribution < -0.4 is 0 Å². The molecule has 5 nitrogen and oxygen atoms in total. The molecule has 31 heavy (non-hydrogen) atoms. The molecule has 2 aliphatic carbocycles. The van der Waals surface area contributed by atoms with Crippen LogP contribution in [0.2, 0.25) is 37.8 Å². The largest absolute Gasteiger partial charge is 0.459 e. The molecule has 3 aliphatic rings. The van der Waals surface area contributed by atoms with Gasteiger partial charge < -0.3 is 18.7 Å². The molecule has 180 valence electrons. The van der Waals surface area contributed by atoms with Crippen LogP contribution in [-0.2, 0) is 18.4 Å². The van der Waals surface area contributed by atoms with Crippen LogP contribution in [0.5, 0.6) is 0 Å². The van der Waals surface area contributed by atoms with Crippen LogP contribution in [0.15, 0.2) is 0 Å². The van der Waals surface area contributed by atoms with Crippen LogP contribution >= 0.6 is 0 Å². The van der Waals surface area contributed by atoms with Gasteiger partial charge in [-0.2, -0.15) is 0 Å². The van der Waals surface area contributed by atoms with Gasteiger partial charge in [0.15, 0.2) is 22.2 Å². The lowest BCUT2D eigenvalue weighted by Gasteiger charge is -2.43. The Morgan fingerprint density at radius 1 is 1.10 bits per heavy atom. The van der Waals surface area contributed by atoms with E-state index in [1.165, 1.54) is 0 Å². The van der Waals surface area contributed by atoms with E-state index >= 15 is 0 Å². The minimum atomic E-state index is -1.95.